The normalized spacial score (nSPS) is 27.7. The molecule has 1 amide bonds. The van der Waals surface area contributed by atoms with Gasteiger partial charge in [0.1, 0.15) is 0 Å². The molecule has 1 fully saturated rings. The Balaban J connectivity index is 2.25. The standard InChI is InChI=1S/C12H23NO/c1-4-12(14)13-11-7-5-10(6-8-11)9(2)3/h9-11H,4-8H2,1-3H3,(H,13,14). The average Bonchev–Trinajstić information content (AvgIpc) is 2.18. The molecule has 0 saturated heterocycles. The lowest BCUT2D eigenvalue weighted by Gasteiger charge is -2.31. The van der Waals surface area contributed by atoms with Gasteiger partial charge in [-0.15, -0.1) is 0 Å². The number of carbonyl (C=O) groups excluding carboxylic acids is 1. The number of hydrogen-bond acceptors (Lipinski definition) is 1. The van der Waals surface area contributed by atoms with Crippen molar-refractivity contribution >= 4 is 5.91 Å². The van der Waals surface area contributed by atoms with E-state index in [-0.39, 0.29) is 5.91 Å². The first-order chi connectivity index (χ1) is 6.63. The summed E-state index contributed by atoms with van der Waals surface area (Å²) in [6.07, 6.45) is 5.53. The zero-order valence-electron chi connectivity index (χ0n) is 9.68. The Morgan fingerprint density at radius 3 is 2.29 bits per heavy atom. The lowest BCUT2D eigenvalue weighted by molar-refractivity contribution is -0.121. The lowest BCUT2D eigenvalue weighted by Crippen LogP contribution is -2.37. The second-order valence-corrected chi connectivity index (χ2v) is 4.78. The van der Waals surface area contributed by atoms with E-state index >= 15 is 0 Å². The van der Waals surface area contributed by atoms with E-state index in [1.165, 1.54) is 25.7 Å². The van der Waals surface area contributed by atoms with Gasteiger partial charge in [-0.1, -0.05) is 20.8 Å². The summed E-state index contributed by atoms with van der Waals surface area (Å²) in [6, 6.07) is 0.456. The molecule has 0 heterocycles. The monoisotopic (exact) mass is 197 g/mol. The van der Waals surface area contributed by atoms with Crippen molar-refractivity contribution in [2.75, 3.05) is 0 Å². The molecule has 1 N–H and O–H groups in total. The molecule has 2 heteroatoms. The topological polar surface area (TPSA) is 29.1 Å². The van der Waals surface area contributed by atoms with Gasteiger partial charge < -0.3 is 5.32 Å². The Hall–Kier alpha value is -0.530. The Bertz CT molecular complexity index is 181. The van der Waals surface area contributed by atoms with E-state index in [1.54, 1.807) is 0 Å². The maximum absolute atomic E-state index is 11.2. The van der Waals surface area contributed by atoms with E-state index in [4.69, 9.17) is 0 Å². The Morgan fingerprint density at radius 2 is 1.86 bits per heavy atom. The molecule has 0 atom stereocenters. The molecule has 14 heavy (non-hydrogen) atoms. The van der Waals surface area contributed by atoms with Crippen molar-refractivity contribution in [1.82, 2.24) is 5.32 Å². The molecule has 0 radical (unpaired) electrons. The number of nitrogens with one attached hydrogen (secondary N) is 1. The number of rotatable bonds is 3. The fraction of sp³-hybridized carbons (Fsp3) is 0.917. The van der Waals surface area contributed by atoms with Crippen molar-refractivity contribution in [2.45, 2.75) is 58.9 Å². The van der Waals surface area contributed by atoms with Crippen LogP contribution in [0.2, 0.25) is 0 Å². The minimum atomic E-state index is 0.206. The van der Waals surface area contributed by atoms with Crippen LogP contribution in [0.3, 0.4) is 0 Å². The SMILES string of the molecule is CCC(=O)NC1CCC(C(C)C)CC1. The quantitative estimate of drug-likeness (QED) is 0.740. The maximum Gasteiger partial charge on any atom is 0.219 e. The van der Waals surface area contributed by atoms with Gasteiger partial charge in [-0.25, -0.2) is 0 Å². The smallest absolute Gasteiger partial charge is 0.219 e. The summed E-state index contributed by atoms with van der Waals surface area (Å²) in [6.45, 7) is 6.51. The van der Waals surface area contributed by atoms with Crippen LogP contribution in [0.25, 0.3) is 0 Å². The molecule has 0 bridgehead atoms. The highest BCUT2D eigenvalue weighted by Crippen LogP contribution is 2.29. The summed E-state index contributed by atoms with van der Waals surface area (Å²) in [4.78, 5) is 11.2. The Morgan fingerprint density at radius 1 is 1.29 bits per heavy atom. The van der Waals surface area contributed by atoms with E-state index in [9.17, 15) is 4.79 Å². The zero-order valence-corrected chi connectivity index (χ0v) is 9.68. The minimum Gasteiger partial charge on any atom is -0.353 e. The first kappa shape index (κ1) is 11.5. The third-order valence-electron chi connectivity index (χ3n) is 3.40. The first-order valence-corrected chi connectivity index (χ1v) is 5.92. The summed E-state index contributed by atoms with van der Waals surface area (Å²) in [5.74, 6) is 1.89. The molecule has 82 valence electrons. The second-order valence-electron chi connectivity index (χ2n) is 4.78. The molecule has 0 aromatic heterocycles. The van der Waals surface area contributed by atoms with Gasteiger partial charge in [-0.2, -0.15) is 0 Å². The van der Waals surface area contributed by atoms with Crippen molar-refractivity contribution < 1.29 is 4.79 Å². The first-order valence-electron chi connectivity index (χ1n) is 5.92. The van der Waals surface area contributed by atoms with Gasteiger partial charge in [-0.3, -0.25) is 4.79 Å². The fourth-order valence-corrected chi connectivity index (χ4v) is 2.26. The Kier molecular flexibility index (Phi) is 4.43. The van der Waals surface area contributed by atoms with Crippen molar-refractivity contribution in [2.24, 2.45) is 11.8 Å². The predicted octanol–water partition coefficient (Wildman–Crippen LogP) is 2.73. The fourth-order valence-electron chi connectivity index (χ4n) is 2.26. The van der Waals surface area contributed by atoms with Crippen LogP contribution in [0.1, 0.15) is 52.9 Å². The van der Waals surface area contributed by atoms with Gasteiger partial charge >= 0.3 is 0 Å². The number of hydrogen-bond donors (Lipinski definition) is 1. The van der Waals surface area contributed by atoms with Crippen LogP contribution >= 0.6 is 0 Å². The molecule has 1 aliphatic carbocycles. The summed E-state index contributed by atoms with van der Waals surface area (Å²) < 4.78 is 0. The highest BCUT2D eigenvalue weighted by molar-refractivity contribution is 5.75. The molecular weight excluding hydrogens is 174 g/mol. The van der Waals surface area contributed by atoms with Crippen molar-refractivity contribution in [3.8, 4) is 0 Å². The van der Waals surface area contributed by atoms with Crippen molar-refractivity contribution in [3.05, 3.63) is 0 Å². The second kappa shape index (κ2) is 5.38. The van der Waals surface area contributed by atoms with Gasteiger partial charge in [0, 0.05) is 12.5 Å². The molecule has 0 aliphatic heterocycles. The number of amides is 1. The van der Waals surface area contributed by atoms with Gasteiger partial charge in [-0.05, 0) is 37.5 Å². The van der Waals surface area contributed by atoms with Crippen LogP contribution in [-0.2, 0) is 4.79 Å². The molecule has 2 nitrogen and oxygen atoms in total. The van der Waals surface area contributed by atoms with E-state index in [0.29, 0.717) is 12.5 Å². The summed E-state index contributed by atoms with van der Waals surface area (Å²) >= 11 is 0. The highest BCUT2D eigenvalue weighted by Gasteiger charge is 2.23. The molecule has 1 saturated carbocycles. The van der Waals surface area contributed by atoms with Gasteiger partial charge in [0.2, 0.25) is 5.91 Å². The average molecular weight is 197 g/mol. The number of carbonyl (C=O) groups is 1. The van der Waals surface area contributed by atoms with Gasteiger partial charge in [0.25, 0.3) is 0 Å². The molecule has 0 aromatic rings. The van der Waals surface area contributed by atoms with E-state index < -0.39 is 0 Å². The summed E-state index contributed by atoms with van der Waals surface area (Å²) in [7, 11) is 0. The lowest BCUT2D eigenvalue weighted by atomic mass is 9.80. The molecule has 0 unspecified atom stereocenters. The van der Waals surface area contributed by atoms with E-state index in [0.717, 1.165) is 11.8 Å². The minimum absolute atomic E-state index is 0.206. The van der Waals surface area contributed by atoms with E-state index in [1.807, 2.05) is 6.92 Å². The Labute approximate surface area is 87.5 Å². The molecule has 0 spiro atoms. The highest BCUT2D eigenvalue weighted by atomic mass is 16.1. The van der Waals surface area contributed by atoms with Gasteiger partial charge in [0.05, 0.1) is 0 Å². The van der Waals surface area contributed by atoms with Crippen molar-refractivity contribution in [1.29, 1.82) is 0 Å². The van der Waals surface area contributed by atoms with Gasteiger partial charge in [0.15, 0.2) is 0 Å². The van der Waals surface area contributed by atoms with Crippen LogP contribution < -0.4 is 5.32 Å². The van der Waals surface area contributed by atoms with Crippen molar-refractivity contribution in [3.63, 3.8) is 0 Å². The zero-order chi connectivity index (χ0) is 10.6. The van der Waals surface area contributed by atoms with Crippen LogP contribution in [-0.4, -0.2) is 11.9 Å². The summed E-state index contributed by atoms with van der Waals surface area (Å²) in [5.41, 5.74) is 0. The van der Waals surface area contributed by atoms with Crippen LogP contribution in [0.15, 0.2) is 0 Å². The molecule has 0 aromatic carbocycles. The summed E-state index contributed by atoms with van der Waals surface area (Å²) in [5, 5.41) is 3.09. The molecular formula is C12H23NO. The predicted molar refractivity (Wildman–Crippen MR) is 59.0 cm³/mol. The van der Waals surface area contributed by atoms with Crippen LogP contribution in [0.4, 0.5) is 0 Å². The largest absolute Gasteiger partial charge is 0.353 e. The van der Waals surface area contributed by atoms with Crippen LogP contribution in [0, 0.1) is 11.8 Å². The third kappa shape index (κ3) is 3.32. The maximum atomic E-state index is 11.2. The molecule has 1 rings (SSSR count). The van der Waals surface area contributed by atoms with Crippen LogP contribution in [0.5, 0.6) is 0 Å². The third-order valence-corrected chi connectivity index (χ3v) is 3.40. The molecule has 1 aliphatic rings. The van der Waals surface area contributed by atoms with E-state index in [2.05, 4.69) is 19.2 Å².